The number of amides is 3. The van der Waals surface area contributed by atoms with Crippen molar-refractivity contribution >= 4 is 56.5 Å². The minimum atomic E-state index is -3.94. The molecule has 0 aliphatic carbocycles. The summed E-state index contributed by atoms with van der Waals surface area (Å²) in [5.74, 6) is -1.78. The number of alkyl halides is 2. The number of halogens is 4. The average Bonchev–Trinajstić information content (AvgIpc) is 3.01. The van der Waals surface area contributed by atoms with Crippen LogP contribution in [0, 0.1) is 5.82 Å². The standard InChI is InChI=1S/C13H11Cl2F2N3O4S.Na.H/c14-5-25(23,24)18-9-3-10(8(17)2-7(9)15)20-12(21)11-1-6(16)4-19(11)13(20)22;;/h2-3,6,11,18H,1,4-5H2;;/q;+1;-1. The van der Waals surface area contributed by atoms with Crippen molar-refractivity contribution in [3.05, 3.63) is 23.0 Å². The number of anilines is 2. The van der Waals surface area contributed by atoms with Crippen LogP contribution in [-0.2, 0) is 14.8 Å². The van der Waals surface area contributed by atoms with Gasteiger partial charge in [-0.3, -0.25) is 9.52 Å². The van der Waals surface area contributed by atoms with Crippen LogP contribution in [0.15, 0.2) is 12.1 Å². The van der Waals surface area contributed by atoms with Crippen LogP contribution in [0.1, 0.15) is 7.85 Å². The van der Waals surface area contributed by atoms with Gasteiger partial charge < -0.3 is 6.33 Å². The third kappa shape index (κ3) is 3.81. The fourth-order valence-corrected chi connectivity index (χ4v) is 3.78. The van der Waals surface area contributed by atoms with E-state index in [9.17, 15) is 26.8 Å². The Kier molecular flexibility index (Phi) is 6.46. The maximum Gasteiger partial charge on any atom is 1.00 e. The first-order chi connectivity index (χ1) is 11.6. The van der Waals surface area contributed by atoms with Crippen LogP contribution in [0.3, 0.4) is 0 Å². The van der Waals surface area contributed by atoms with Crippen LogP contribution in [0.25, 0.3) is 0 Å². The number of nitrogens with zero attached hydrogens (tertiary/aromatic N) is 2. The second kappa shape index (κ2) is 7.76. The zero-order valence-electron chi connectivity index (χ0n) is 14.4. The largest absolute Gasteiger partial charge is 1.00 e. The Bertz CT molecular complexity index is 855. The second-order valence-corrected chi connectivity index (χ2v) is 8.28. The van der Waals surface area contributed by atoms with Gasteiger partial charge in [-0.2, -0.15) is 0 Å². The second-order valence-electron chi connectivity index (χ2n) is 5.57. The number of benzene rings is 1. The average molecular weight is 438 g/mol. The molecule has 2 saturated heterocycles. The molecule has 1 aromatic rings. The topological polar surface area (TPSA) is 86.8 Å². The molecule has 2 aliphatic rings. The van der Waals surface area contributed by atoms with Gasteiger partial charge in [0, 0.05) is 6.42 Å². The molecule has 2 atom stereocenters. The molecule has 3 amide bonds. The van der Waals surface area contributed by atoms with Gasteiger partial charge in [0.05, 0.1) is 22.9 Å². The van der Waals surface area contributed by atoms with Crippen LogP contribution in [-0.4, -0.2) is 49.2 Å². The van der Waals surface area contributed by atoms with E-state index in [4.69, 9.17) is 23.2 Å². The van der Waals surface area contributed by atoms with E-state index in [-0.39, 0.29) is 54.7 Å². The van der Waals surface area contributed by atoms with Gasteiger partial charge >= 0.3 is 35.6 Å². The number of fused-ring (bicyclic) bond motifs is 1. The summed E-state index contributed by atoms with van der Waals surface area (Å²) >= 11 is 11.1. The van der Waals surface area contributed by atoms with Gasteiger partial charge in [0.2, 0.25) is 10.0 Å². The number of nitrogens with one attached hydrogen (secondary N) is 1. The SMILES string of the molecule is O=C1C2CC(F)CN2C(=O)N1c1cc(NS(=O)(=O)CCl)c(Cl)cc1F.[H-].[Na+]. The molecule has 13 heteroatoms. The Labute approximate surface area is 181 Å². The van der Waals surface area contributed by atoms with Crippen molar-refractivity contribution in [2.45, 2.75) is 18.6 Å². The minimum Gasteiger partial charge on any atom is -1.00 e. The maximum absolute atomic E-state index is 14.3. The molecular formula is C13H12Cl2F2N3NaO4S. The van der Waals surface area contributed by atoms with Gasteiger partial charge in [0.25, 0.3) is 5.91 Å². The first kappa shape index (κ1) is 21.6. The fraction of sp³-hybridized carbons (Fsp3) is 0.385. The summed E-state index contributed by atoms with van der Waals surface area (Å²) in [7, 11) is -3.94. The molecule has 1 N–H and O–H groups in total. The van der Waals surface area contributed by atoms with Crippen molar-refractivity contribution < 1.29 is 57.8 Å². The Morgan fingerprint density at radius 3 is 2.58 bits per heavy atom. The van der Waals surface area contributed by atoms with Gasteiger partial charge in [-0.1, -0.05) is 11.6 Å². The summed E-state index contributed by atoms with van der Waals surface area (Å²) in [4.78, 5) is 26.3. The van der Waals surface area contributed by atoms with Crippen molar-refractivity contribution in [3.63, 3.8) is 0 Å². The van der Waals surface area contributed by atoms with E-state index in [1.165, 1.54) is 0 Å². The maximum atomic E-state index is 14.3. The molecule has 0 bridgehead atoms. The number of hydrogen-bond acceptors (Lipinski definition) is 4. The fourth-order valence-electron chi connectivity index (χ4n) is 2.81. The van der Waals surface area contributed by atoms with Gasteiger partial charge in [-0.05, 0) is 12.1 Å². The van der Waals surface area contributed by atoms with E-state index < -0.39 is 50.9 Å². The van der Waals surface area contributed by atoms with E-state index in [0.717, 1.165) is 17.0 Å². The molecular weight excluding hydrogens is 426 g/mol. The van der Waals surface area contributed by atoms with Crippen molar-refractivity contribution in [1.29, 1.82) is 0 Å². The summed E-state index contributed by atoms with van der Waals surface area (Å²) in [6, 6.07) is -0.180. The third-order valence-corrected chi connectivity index (χ3v) is 5.87. The molecule has 26 heavy (non-hydrogen) atoms. The van der Waals surface area contributed by atoms with E-state index in [2.05, 4.69) is 0 Å². The van der Waals surface area contributed by atoms with E-state index in [0.29, 0.717) is 4.90 Å². The molecule has 0 saturated carbocycles. The minimum absolute atomic E-state index is 0. The summed E-state index contributed by atoms with van der Waals surface area (Å²) < 4.78 is 52.8. The number of rotatable bonds is 4. The van der Waals surface area contributed by atoms with Crippen molar-refractivity contribution in [2.24, 2.45) is 0 Å². The van der Waals surface area contributed by atoms with Gasteiger partial charge in [0.1, 0.15) is 23.2 Å². The number of hydrogen-bond donors (Lipinski definition) is 1. The molecule has 138 valence electrons. The zero-order valence-corrected chi connectivity index (χ0v) is 17.7. The number of carbonyl (C=O) groups excluding carboxylic acids is 2. The van der Waals surface area contributed by atoms with Crippen molar-refractivity contribution in [3.8, 4) is 0 Å². The van der Waals surface area contributed by atoms with Crippen molar-refractivity contribution in [2.75, 3.05) is 21.4 Å². The molecule has 2 aliphatic heterocycles. The summed E-state index contributed by atoms with van der Waals surface area (Å²) in [5, 5.41) is -1.05. The number of carbonyl (C=O) groups is 2. The first-order valence-electron chi connectivity index (χ1n) is 6.98. The number of urea groups is 1. The zero-order chi connectivity index (χ0) is 18.5. The Morgan fingerprint density at radius 1 is 1.35 bits per heavy atom. The normalized spacial score (nSPS) is 22.5. The summed E-state index contributed by atoms with van der Waals surface area (Å²) in [5.41, 5.74) is -0.716. The van der Waals surface area contributed by atoms with E-state index >= 15 is 0 Å². The molecule has 0 spiro atoms. The van der Waals surface area contributed by atoms with Crippen molar-refractivity contribution in [1.82, 2.24) is 4.90 Å². The van der Waals surface area contributed by atoms with E-state index in [1.807, 2.05) is 4.72 Å². The van der Waals surface area contributed by atoms with Crippen LogP contribution in [0.4, 0.5) is 25.0 Å². The Hall–Kier alpha value is -0.650. The van der Waals surface area contributed by atoms with Crippen LogP contribution < -0.4 is 39.2 Å². The first-order valence-corrected chi connectivity index (χ1v) is 9.55. The smallest absolute Gasteiger partial charge is 1.00 e. The Balaban J connectivity index is 0.00000182. The predicted molar refractivity (Wildman–Crippen MR) is 88.7 cm³/mol. The quantitative estimate of drug-likeness (QED) is 0.387. The van der Waals surface area contributed by atoms with Gasteiger partial charge in [0.15, 0.2) is 0 Å². The predicted octanol–water partition coefficient (Wildman–Crippen LogP) is -0.587. The molecule has 3 rings (SSSR count). The van der Waals surface area contributed by atoms with Crippen LogP contribution >= 0.6 is 23.2 Å². The van der Waals surface area contributed by atoms with E-state index in [1.54, 1.807) is 0 Å². The summed E-state index contributed by atoms with van der Waals surface area (Å²) in [6.45, 7) is -0.257. The molecule has 2 heterocycles. The number of imide groups is 1. The molecule has 2 unspecified atom stereocenters. The van der Waals surface area contributed by atoms with Crippen LogP contribution in [0.2, 0.25) is 5.02 Å². The molecule has 1 aromatic carbocycles. The monoisotopic (exact) mass is 437 g/mol. The molecule has 0 aromatic heterocycles. The van der Waals surface area contributed by atoms with Gasteiger partial charge in [-0.25, -0.2) is 26.9 Å². The summed E-state index contributed by atoms with van der Waals surface area (Å²) in [6.07, 6.45) is -1.48. The molecule has 2 fully saturated rings. The van der Waals surface area contributed by atoms with Gasteiger partial charge in [-0.15, -0.1) is 11.6 Å². The Morgan fingerprint density at radius 2 is 2.00 bits per heavy atom. The molecule has 0 radical (unpaired) electrons. The third-order valence-electron chi connectivity index (χ3n) is 3.88. The number of sulfonamides is 1. The van der Waals surface area contributed by atoms with Crippen LogP contribution in [0.5, 0.6) is 0 Å². The molecule has 7 nitrogen and oxygen atoms in total.